The van der Waals surface area contributed by atoms with E-state index in [4.69, 9.17) is 0 Å². The second kappa shape index (κ2) is 21.2. The molecule has 94 heavy (non-hydrogen) atoms. The number of para-hydroxylation sites is 2. The van der Waals surface area contributed by atoms with Crippen LogP contribution >= 0.6 is 0 Å². The van der Waals surface area contributed by atoms with Crippen LogP contribution in [0.5, 0.6) is 0 Å². The van der Waals surface area contributed by atoms with E-state index in [1.54, 1.807) is 0 Å². The Morgan fingerprint density at radius 1 is 0.319 bits per heavy atom. The molecule has 3 heterocycles. The Labute approximate surface area is 559 Å². The zero-order valence-corrected chi connectivity index (χ0v) is 57.7. The van der Waals surface area contributed by atoms with Gasteiger partial charge in [-0.3, -0.25) is 0 Å². The fraction of sp³-hybridized carbons (Fsp3) is 0.267. The molecule has 2 aliphatic heterocycles. The first-order chi connectivity index (χ1) is 44.8. The summed E-state index contributed by atoms with van der Waals surface area (Å²) in [6, 6.07) is 89.9. The highest BCUT2D eigenvalue weighted by atomic mass is 15.2. The summed E-state index contributed by atoms with van der Waals surface area (Å²) in [4.78, 5) is 5.25. The van der Waals surface area contributed by atoms with E-state index in [1.807, 2.05) is 0 Å². The highest BCUT2D eigenvalue weighted by Gasteiger charge is 2.45. The van der Waals surface area contributed by atoms with Crippen LogP contribution in [0.1, 0.15) is 156 Å². The molecule has 2 aliphatic carbocycles. The van der Waals surface area contributed by atoms with Crippen LogP contribution in [0.3, 0.4) is 0 Å². The van der Waals surface area contributed by atoms with E-state index < -0.39 is 0 Å². The Bertz CT molecular complexity index is 4980. The van der Waals surface area contributed by atoms with Crippen molar-refractivity contribution in [3.8, 4) is 50.2 Å². The van der Waals surface area contributed by atoms with E-state index in [0.29, 0.717) is 0 Å². The maximum absolute atomic E-state index is 2.63. The summed E-state index contributed by atoms with van der Waals surface area (Å²) in [5.74, 6) is 0. The molecule has 4 aliphatic rings. The molecule has 3 nitrogen and oxygen atoms in total. The van der Waals surface area contributed by atoms with Crippen LogP contribution in [-0.4, -0.2) is 11.3 Å². The van der Waals surface area contributed by atoms with Gasteiger partial charge in [0.1, 0.15) is 0 Å². The highest BCUT2D eigenvalue weighted by molar-refractivity contribution is 7.00. The van der Waals surface area contributed by atoms with Crippen molar-refractivity contribution in [2.75, 3.05) is 9.80 Å². The van der Waals surface area contributed by atoms with Gasteiger partial charge in [0.2, 0.25) is 0 Å². The van der Waals surface area contributed by atoms with Crippen molar-refractivity contribution in [3.63, 3.8) is 0 Å². The monoisotopic (exact) mass is 1220 g/mol. The molecule has 0 radical (unpaired) electrons. The average molecular weight is 1220 g/mol. The lowest BCUT2D eigenvalue weighted by Gasteiger charge is -2.45. The highest BCUT2D eigenvalue weighted by Crippen LogP contribution is 2.52. The van der Waals surface area contributed by atoms with Gasteiger partial charge in [-0.25, -0.2) is 0 Å². The van der Waals surface area contributed by atoms with Crippen molar-refractivity contribution in [2.45, 2.75) is 155 Å². The molecule has 466 valence electrons. The van der Waals surface area contributed by atoms with Gasteiger partial charge in [-0.05, 0) is 219 Å². The Hall–Kier alpha value is -9.12. The van der Waals surface area contributed by atoms with Crippen LogP contribution in [-0.2, 0) is 32.5 Å². The van der Waals surface area contributed by atoms with Gasteiger partial charge >= 0.3 is 0 Å². The number of anilines is 6. The van der Waals surface area contributed by atoms with Crippen LogP contribution in [0.15, 0.2) is 231 Å². The lowest BCUT2D eigenvalue weighted by atomic mass is 9.33. The van der Waals surface area contributed by atoms with Gasteiger partial charge in [-0.1, -0.05) is 261 Å². The fourth-order valence-corrected chi connectivity index (χ4v) is 16.9. The minimum atomic E-state index is -0.108. The molecule has 0 saturated carbocycles. The number of hydrogen-bond donors (Lipinski definition) is 0. The van der Waals surface area contributed by atoms with E-state index in [-0.39, 0.29) is 39.2 Å². The molecular formula is C90H88BN3. The molecule has 11 aromatic carbocycles. The first kappa shape index (κ1) is 59.9. The van der Waals surface area contributed by atoms with Crippen molar-refractivity contribution in [3.05, 3.63) is 264 Å². The maximum atomic E-state index is 2.63. The minimum Gasteiger partial charge on any atom is -0.311 e. The predicted molar refractivity (Wildman–Crippen MR) is 405 cm³/mol. The van der Waals surface area contributed by atoms with Gasteiger partial charge < -0.3 is 14.4 Å². The first-order valence-electron chi connectivity index (χ1n) is 34.6. The number of aromatic nitrogens is 1. The summed E-state index contributed by atoms with van der Waals surface area (Å²) in [5.41, 5.74) is 33.3. The topological polar surface area (TPSA) is 11.4 Å². The quantitative estimate of drug-likeness (QED) is 0.147. The summed E-state index contributed by atoms with van der Waals surface area (Å²) in [7, 11) is 0. The molecular weight excluding hydrogens is 1130 g/mol. The maximum Gasteiger partial charge on any atom is 0.252 e. The van der Waals surface area contributed by atoms with E-state index in [1.165, 1.54) is 165 Å². The number of rotatable bonds is 7. The smallest absolute Gasteiger partial charge is 0.252 e. The van der Waals surface area contributed by atoms with E-state index in [0.717, 1.165) is 17.1 Å². The zero-order valence-electron chi connectivity index (χ0n) is 57.7. The van der Waals surface area contributed by atoms with Crippen molar-refractivity contribution >= 4 is 79.0 Å². The van der Waals surface area contributed by atoms with Crippen molar-refractivity contribution < 1.29 is 0 Å². The van der Waals surface area contributed by atoms with E-state index >= 15 is 0 Å². The third kappa shape index (κ3) is 9.66. The summed E-state index contributed by atoms with van der Waals surface area (Å²) >= 11 is 0. The van der Waals surface area contributed by atoms with Gasteiger partial charge in [0, 0.05) is 50.6 Å². The second-order valence-electron chi connectivity index (χ2n) is 32.7. The molecule has 4 heteroatoms. The second-order valence-corrected chi connectivity index (χ2v) is 32.7. The van der Waals surface area contributed by atoms with Crippen molar-refractivity contribution in [2.24, 2.45) is 0 Å². The molecule has 0 atom stereocenters. The summed E-state index contributed by atoms with van der Waals surface area (Å²) < 4.78 is 2.49. The summed E-state index contributed by atoms with van der Waals surface area (Å²) in [5, 5.41) is 2.51. The molecule has 0 fully saturated rings. The number of fused-ring (bicyclic) bond motifs is 9. The summed E-state index contributed by atoms with van der Waals surface area (Å²) in [6.45, 7) is 33.3. The SMILES string of the molecule is CC(C)(C)c1ccc(-c2cc3c4c(c2)N(c2ccc(-c5ccc6c(c5)C(C)(C)CCC6(C)C)cc2)c2cc(-n5c6ccccc6c6ccccc65)ccc2B4c2ccc(-c4ccccc4C(C)(C)C)cc2N3c2ccc(-c3ccc4c(c3)C(C)(C)CCC4(C)C)cc2)cc1. The molecule has 0 spiro atoms. The molecule has 1 aromatic heterocycles. The molecule has 0 saturated heterocycles. The van der Waals surface area contributed by atoms with Gasteiger partial charge in [0.15, 0.2) is 0 Å². The largest absolute Gasteiger partial charge is 0.311 e. The van der Waals surface area contributed by atoms with Gasteiger partial charge in [0.25, 0.3) is 6.71 Å². The van der Waals surface area contributed by atoms with Crippen LogP contribution in [0.4, 0.5) is 34.1 Å². The standard InChI is InChI=1S/C90H88BN3/c1-85(2,3)64-36-27-59(28-37-64)63-54-82-84-83(55-63)93(66-40-31-58(32-41-66)61-34-44-73-75(52-61)90(13,14)50-48-88(73,9)10)81-56-67(94-78-25-19-16-22-69(78)70-23-17-20-26-79(70)94)42-46-77(81)91(84)76-45-35-62(68-21-15-18-24-71(68)86(4,5)6)53-80(76)92(82)65-38-29-57(30-39-65)60-33-43-72-74(51-60)89(11,12)49-47-87(72,7)8/h15-46,51-56H,47-50H2,1-14H3. The van der Waals surface area contributed by atoms with Crippen molar-refractivity contribution in [1.82, 2.24) is 4.57 Å². The van der Waals surface area contributed by atoms with E-state index in [9.17, 15) is 0 Å². The van der Waals surface area contributed by atoms with E-state index in [2.05, 4.69) is 342 Å². The normalized spacial score (nSPS) is 16.5. The molecule has 0 unspecified atom stereocenters. The Kier molecular flexibility index (Phi) is 13.5. The molecule has 12 aromatic rings. The van der Waals surface area contributed by atoms with Crippen LogP contribution in [0, 0.1) is 0 Å². The lowest BCUT2D eigenvalue weighted by molar-refractivity contribution is 0.332. The number of benzene rings is 11. The van der Waals surface area contributed by atoms with Crippen LogP contribution < -0.4 is 26.2 Å². The third-order valence-corrected chi connectivity index (χ3v) is 22.6. The number of hydrogen-bond acceptors (Lipinski definition) is 2. The van der Waals surface area contributed by atoms with Crippen molar-refractivity contribution in [1.29, 1.82) is 0 Å². The fourth-order valence-electron chi connectivity index (χ4n) is 16.9. The zero-order chi connectivity index (χ0) is 65.2. The average Bonchev–Trinajstić information content (AvgIpc) is 0.727. The Morgan fingerprint density at radius 2 is 0.713 bits per heavy atom. The van der Waals surface area contributed by atoms with Crippen LogP contribution in [0.2, 0.25) is 0 Å². The van der Waals surface area contributed by atoms with Gasteiger partial charge in [-0.2, -0.15) is 0 Å². The van der Waals surface area contributed by atoms with Gasteiger partial charge in [-0.15, -0.1) is 0 Å². The minimum absolute atomic E-state index is 0.00211. The van der Waals surface area contributed by atoms with Crippen LogP contribution in [0.25, 0.3) is 72.0 Å². The molecule has 0 amide bonds. The van der Waals surface area contributed by atoms with Gasteiger partial charge in [0.05, 0.1) is 11.0 Å². The lowest BCUT2D eigenvalue weighted by Crippen LogP contribution is -2.61. The first-order valence-corrected chi connectivity index (χ1v) is 34.6. The molecule has 0 N–H and O–H groups in total. The number of nitrogens with zero attached hydrogens (tertiary/aromatic N) is 3. The third-order valence-electron chi connectivity index (χ3n) is 22.6. The Morgan fingerprint density at radius 3 is 1.21 bits per heavy atom. The predicted octanol–water partition coefficient (Wildman–Crippen LogP) is 22.8. The Balaban J connectivity index is 0.957. The summed E-state index contributed by atoms with van der Waals surface area (Å²) in [6.07, 6.45) is 4.75. The molecule has 16 rings (SSSR count). The molecule has 0 bridgehead atoms.